The number of aliphatic hydroxyl groups excluding tert-OH is 1. The molecular formula is C15H17NO3S. The molecule has 2 rings (SSSR count). The summed E-state index contributed by atoms with van der Waals surface area (Å²) in [6, 6.07) is 15.3. The number of hydrogen-bond acceptors (Lipinski definition) is 3. The Morgan fingerprint density at radius 2 is 1.60 bits per heavy atom. The van der Waals surface area contributed by atoms with Crippen molar-refractivity contribution in [2.75, 3.05) is 10.8 Å². The van der Waals surface area contributed by atoms with Crippen molar-refractivity contribution in [2.45, 2.75) is 18.4 Å². The second-order valence-corrected chi connectivity index (χ2v) is 6.17. The third-order valence-electron chi connectivity index (χ3n) is 3.03. The number of nitrogens with zero attached hydrogens (tertiary/aromatic N) is 1. The molecule has 0 aliphatic rings. The lowest BCUT2D eigenvalue weighted by atomic mass is 10.2. The molecule has 0 bridgehead atoms. The van der Waals surface area contributed by atoms with E-state index in [0.29, 0.717) is 17.8 Å². The number of anilines is 1. The van der Waals surface area contributed by atoms with Gasteiger partial charge < -0.3 is 5.11 Å². The van der Waals surface area contributed by atoms with Crippen LogP contribution in [-0.4, -0.2) is 20.1 Å². The van der Waals surface area contributed by atoms with E-state index in [-0.39, 0.29) is 11.5 Å². The molecule has 0 saturated carbocycles. The van der Waals surface area contributed by atoms with Crippen LogP contribution in [0, 0.1) is 0 Å². The summed E-state index contributed by atoms with van der Waals surface area (Å²) in [6.07, 6.45) is 0. The minimum Gasteiger partial charge on any atom is -0.392 e. The highest BCUT2D eigenvalue weighted by atomic mass is 32.2. The molecule has 2 aromatic carbocycles. The van der Waals surface area contributed by atoms with Gasteiger partial charge in [0.15, 0.2) is 0 Å². The summed E-state index contributed by atoms with van der Waals surface area (Å²) in [6.45, 7) is 2.05. The lowest BCUT2D eigenvalue weighted by molar-refractivity contribution is 0.282. The zero-order chi connectivity index (χ0) is 14.6. The fourth-order valence-corrected chi connectivity index (χ4v) is 3.45. The highest BCUT2D eigenvalue weighted by molar-refractivity contribution is 7.92. The Bertz CT molecular complexity index is 651. The smallest absolute Gasteiger partial charge is 0.264 e. The van der Waals surface area contributed by atoms with E-state index in [2.05, 4.69) is 0 Å². The van der Waals surface area contributed by atoms with Crippen molar-refractivity contribution in [1.29, 1.82) is 0 Å². The van der Waals surface area contributed by atoms with Crippen molar-refractivity contribution in [1.82, 2.24) is 0 Å². The zero-order valence-electron chi connectivity index (χ0n) is 11.2. The second kappa shape index (κ2) is 6.07. The van der Waals surface area contributed by atoms with Crippen LogP contribution in [0.4, 0.5) is 5.69 Å². The Balaban J connectivity index is 2.41. The quantitative estimate of drug-likeness (QED) is 0.920. The van der Waals surface area contributed by atoms with Gasteiger partial charge in [-0.3, -0.25) is 4.31 Å². The third kappa shape index (κ3) is 2.84. The molecule has 0 radical (unpaired) electrons. The van der Waals surface area contributed by atoms with E-state index in [0.717, 1.165) is 0 Å². The number of aliphatic hydroxyl groups is 1. The first-order valence-electron chi connectivity index (χ1n) is 6.37. The van der Waals surface area contributed by atoms with E-state index >= 15 is 0 Å². The standard InChI is InChI=1S/C15H17NO3S/c1-2-16(14-6-4-3-5-7-14)20(18,19)15-10-8-13(12-17)9-11-15/h3-11,17H,2,12H2,1H3. The molecule has 2 aromatic rings. The highest BCUT2D eigenvalue weighted by Crippen LogP contribution is 2.23. The van der Waals surface area contributed by atoms with Gasteiger partial charge in [-0.15, -0.1) is 0 Å². The molecule has 106 valence electrons. The Morgan fingerprint density at radius 3 is 2.10 bits per heavy atom. The molecule has 4 nitrogen and oxygen atoms in total. The van der Waals surface area contributed by atoms with Gasteiger partial charge in [-0.1, -0.05) is 30.3 Å². The second-order valence-electron chi connectivity index (χ2n) is 4.31. The molecule has 0 spiro atoms. The fourth-order valence-electron chi connectivity index (χ4n) is 1.98. The van der Waals surface area contributed by atoms with Crippen LogP contribution in [-0.2, 0) is 16.6 Å². The van der Waals surface area contributed by atoms with Gasteiger partial charge in [0, 0.05) is 6.54 Å². The summed E-state index contributed by atoms with van der Waals surface area (Å²) in [5.41, 5.74) is 1.33. The molecule has 0 unspecified atom stereocenters. The normalized spacial score (nSPS) is 11.3. The molecule has 0 heterocycles. The van der Waals surface area contributed by atoms with Gasteiger partial charge in [0.1, 0.15) is 0 Å². The van der Waals surface area contributed by atoms with Crippen molar-refractivity contribution in [3.05, 3.63) is 60.2 Å². The third-order valence-corrected chi connectivity index (χ3v) is 4.94. The molecule has 1 N–H and O–H groups in total. The Labute approximate surface area is 119 Å². The average Bonchev–Trinajstić information content (AvgIpc) is 2.49. The summed E-state index contributed by atoms with van der Waals surface area (Å²) >= 11 is 0. The lowest BCUT2D eigenvalue weighted by Gasteiger charge is -2.22. The van der Waals surface area contributed by atoms with E-state index in [9.17, 15) is 8.42 Å². The van der Waals surface area contributed by atoms with E-state index in [1.54, 1.807) is 31.2 Å². The summed E-state index contributed by atoms with van der Waals surface area (Å²) in [7, 11) is -3.58. The van der Waals surface area contributed by atoms with Crippen LogP contribution in [0.2, 0.25) is 0 Å². The van der Waals surface area contributed by atoms with Crippen LogP contribution in [0.25, 0.3) is 0 Å². The Hall–Kier alpha value is -1.85. The van der Waals surface area contributed by atoms with Crippen LogP contribution < -0.4 is 4.31 Å². The van der Waals surface area contributed by atoms with Crippen LogP contribution in [0.3, 0.4) is 0 Å². The summed E-state index contributed by atoms with van der Waals surface area (Å²) in [5.74, 6) is 0. The van der Waals surface area contributed by atoms with Crippen molar-refractivity contribution in [3.8, 4) is 0 Å². The average molecular weight is 291 g/mol. The van der Waals surface area contributed by atoms with Gasteiger partial charge in [0.2, 0.25) is 0 Å². The van der Waals surface area contributed by atoms with E-state index < -0.39 is 10.0 Å². The lowest BCUT2D eigenvalue weighted by Crippen LogP contribution is -2.30. The predicted octanol–water partition coefficient (Wildman–Crippen LogP) is 2.39. The predicted molar refractivity (Wildman–Crippen MR) is 79.0 cm³/mol. The Morgan fingerprint density at radius 1 is 1.00 bits per heavy atom. The van der Waals surface area contributed by atoms with Crippen LogP contribution >= 0.6 is 0 Å². The summed E-state index contributed by atoms with van der Waals surface area (Å²) in [5, 5.41) is 9.00. The number of benzene rings is 2. The van der Waals surface area contributed by atoms with Crippen molar-refractivity contribution in [2.24, 2.45) is 0 Å². The first-order chi connectivity index (χ1) is 9.59. The topological polar surface area (TPSA) is 57.6 Å². The number of hydrogen-bond donors (Lipinski definition) is 1. The van der Waals surface area contributed by atoms with Gasteiger partial charge in [-0.05, 0) is 36.8 Å². The fraction of sp³-hybridized carbons (Fsp3) is 0.200. The van der Waals surface area contributed by atoms with E-state index in [1.165, 1.54) is 16.4 Å². The van der Waals surface area contributed by atoms with E-state index in [1.807, 2.05) is 18.2 Å². The molecular weight excluding hydrogens is 274 g/mol. The molecule has 0 amide bonds. The highest BCUT2D eigenvalue weighted by Gasteiger charge is 2.23. The van der Waals surface area contributed by atoms with E-state index in [4.69, 9.17) is 5.11 Å². The maximum absolute atomic E-state index is 12.6. The van der Waals surface area contributed by atoms with Crippen molar-refractivity contribution >= 4 is 15.7 Å². The molecule has 0 fully saturated rings. The summed E-state index contributed by atoms with van der Waals surface area (Å²) in [4.78, 5) is 0.223. The SMILES string of the molecule is CCN(c1ccccc1)S(=O)(=O)c1ccc(CO)cc1. The Kier molecular flexibility index (Phi) is 4.42. The largest absolute Gasteiger partial charge is 0.392 e. The van der Waals surface area contributed by atoms with Gasteiger partial charge in [-0.2, -0.15) is 0 Å². The maximum atomic E-state index is 12.6. The molecule has 20 heavy (non-hydrogen) atoms. The van der Waals surface area contributed by atoms with Crippen molar-refractivity contribution < 1.29 is 13.5 Å². The first-order valence-corrected chi connectivity index (χ1v) is 7.81. The van der Waals surface area contributed by atoms with Crippen LogP contribution in [0.5, 0.6) is 0 Å². The molecule has 0 aliphatic heterocycles. The zero-order valence-corrected chi connectivity index (χ0v) is 12.0. The van der Waals surface area contributed by atoms with Gasteiger partial charge in [0.25, 0.3) is 10.0 Å². The number of sulfonamides is 1. The van der Waals surface area contributed by atoms with Gasteiger partial charge in [-0.25, -0.2) is 8.42 Å². The minimum atomic E-state index is -3.58. The van der Waals surface area contributed by atoms with Crippen LogP contribution in [0.15, 0.2) is 59.5 Å². The molecule has 0 aromatic heterocycles. The van der Waals surface area contributed by atoms with Crippen LogP contribution in [0.1, 0.15) is 12.5 Å². The van der Waals surface area contributed by atoms with Crippen molar-refractivity contribution in [3.63, 3.8) is 0 Å². The first kappa shape index (κ1) is 14.6. The maximum Gasteiger partial charge on any atom is 0.264 e. The minimum absolute atomic E-state index is 0.101. The molecule has 0 aliphatic carbocycles. The number of para-hydroxylation sites is 1. The molecule has 0 saturated heterocycles. The summed E-state index contributed by atoms with van der Waals surface area (Å²) < 4.78 is 26.6. The molecule has 5 heteroatoms. The number of rotatable bonds is 5. The molecule has 0 atom stereocenters. The monoisotopic (exact) mass is 291 g/mol. The van der Waals surface area contributed by atoms with Gasteiger partial charge in [0.05, 0.1) is 17.2 Å². The van der Waals surface area contributed by atoms with Gasteiger partial charge >= 0.3 is 0 Å².